The van der Waals surface area contributed by atoms with E-state index in [9.17, 15) is 14.4 Å². The Morgan fingerprint density at radius 1 is 1.36 bits per heavy atom. The van der Waals surface area contributed by atoms with Gasteiger partial charge in [0, 0.05) is 0 Å². The van der Waals surface area contributed by atoms with Crippen LogP contribution in [-0.2, 0) is 9.59 Å². The Bertz CT molecular complexity index is 756. The molecular weight excluding hydrogens is 358 g/mol. The number of imide groups is 1. The van der Waals surface area contributed by atoms with E-state index < -0.39 is 11.6 Å². The zero-order valence-corrected chi connectivity index (χ0v) is 16.8. The van der Waals surface area contributed by atoms with E-state index >= 15 is 0 Å². The summed E-state index contributed by atoms with van der Waals surface area (Å²) in [5.74, 6) is 0.661. The summed E-state index contributed by atoms with van der Waals surface area (Å²) in [6, 6.07) is 6.77. The number of hydrogen-bond donors (Lipinski definition) is 2. The molecule has 1 saturated heterocycles. The third kappa shape index (κ3) is 4.13. The minimum Gasteiger partial charge on any atom is -0.494 e. The van der Waals surface area contributed by atoms with Crippen molar-refractivity contribution in [2.75, 3.05) is 13.2 Å². The van der Waals surface area contributed by atoms with Gasteiger partial charge in [-0.15, -0.1) is 0 Å². The fourth-order valence-corrected chi connectivity index (χ4v) is 3.97. The second-order valence-corrected chi connectivity index (χ2v) is 7.88. The maximum atomic E-state index is 12.9. The summed E-state index contributed by atoms with van der Waals surface area (Å²) >= 11 is 0. The molecule has 7 heteroatoms. The maximum absolute atomic E-state index is 12.9. The third-order valence-corrected chi connectivity index (χ3v) is 5.72. The molecule has 152 valence electrons. The van der Waals surface area contributed by atoms with Crippen LogP contribution in [0.3, 0.4) is 0 Å². The number of urea groups is 1. The Morgan fingerprint density at radius 3 is 2.75 bits per heavy atom. The van der Waals surface area contributed by atoms with E-state index in [-0.39, 0.29) is 24.4 Å². The number of benzene rings is 1. The number of nitrogens with zero attached hydrogens (tertiary/aromatic N) is 1. The molecular formula is C21H29N3O4. The highest BCUT2D eigenvalue weighted by molar-refractivity contribution is 6.09. The molecule has 4 amide bonds. The van der Waals surface area contributed by atoms with Crippen LogP contribution >= 0.6 is 0 Å². The quantitative estimate of drug-likeness (QED) is 0.735. The predicted octanol–water partition coefficient (Wildman–Crippen LogP) is 2.76. The van der Waals surface area contributed by atoms with E-state index in [2.05, 4.69) is 17.6 Å². The van der Waals surface area contributed by atoms with Gasteiger partial charge >= 0.3 is 6.03 Å². The Kier molecular flexibility index (Phi) is 5.91. The molecule has 1 spiro atoms. The molecule has 1 aromatic rings. The van der Waals surface area contributed by atoms with Crippen molar-refractivity contribution in [3.63, 3.8) is 0 Å². The Labute approximate surface area is 165 Å². The number of hydrogen-bond acceptors (Lipinski definition) is 4. The maximum Gasteiger partial charge on any atom is 0.325 e. The van der Waals surface area contributed by atoms with Gasteiger partial charge in [0.1, 0.15) is 17.8 Å². The molecule has 3 rings (SSSR count). The molecule has 0 aromatic heterocycles. The number of rotatable bonds is 6. The molecule has 28 heavy (non-hydrogen) atoms. The standard InChI is InChI=1S/C21H29N3O4/c1-4-28-17-7-5-6-16(12-17)15(3)22-18(25)13-24-19(26)21(23-20(24)27)10-8-14(2)9-11-21/h5-7,12,14-15H,4,8-11,13H2,1-3H3,(H,22,25)(H,23,27). The van der Waals surface area contributed by atoms with Crippen molar-refractivity contribution < 1.29 is 19.1 Å². The van der Waals surface area contributed by atoms with Gasteiger partial charge in [-0.2, -0.15) is 0 Å². The smallest absolute Gasteiger partial charge is 0.325 e. The highest BCUT2D eigenvalue weighted by Gasteiger charge is 2.52. The predicted molar refractivity (Wildman–Crippen MR) is 105 cm³/mol. The fraction of sp³-hybridized carbons (Fsp3) is 0.571. The number of amides is 4. The van der Waals surface area contributed by atoms with Crippen LogP contribution in [0.2, 0.25) is 0 Å². The summed E-state index contributed by atoms with van der Waals surface area (Å²) in [4.78, 5) is 38.7. The minimum atomic E-state index is -0.818. The summed E-state index contributed by atoms with van der Waals surface area (Å²) < 4.78 is 5.49. The Hall–Kier alpha value is -2.57. The molecule has 2 fully saturated rings. The first-order valence-electron chi connectivity index (χ1n) is 10.0. The van der Waals surface area contributed by atoms with Crippen LogP contribution in [0.5, 0.6) is 5.75 Å². The molecule has 7 nitrogen and oxygen atoms in total. The highest BCUT2D eigenvalue weighted by atomic mass is 16.5. The van der Waals surface area contributed by atoms with Crippen molar-refractivity contribution in [1.29, 1.82) is 0 Å². The van der Waals surface area contributed by atoms with Gasteiger partial charge in [0.05, 0.1) is 12.6 Å². The SMILES string of the molecule is CCOc1cccc(C(C)NC(=O)CN2C(=O)NC3(CCC(C)CC3)C2=O)c1. The van der Waals surface area contributed by atoms with Crippen LogP contribution in [0.4, 0.5) is 4.79 Å². The first-order valence-corrected chi connectivity index (χ1v) is 10.0. The highest BCUT2D eigenvalue weighted by Crippen LogP contribution is 2.36. The van der Waals surface area contributed by atoms with Crippen molar-refractivity contribution in [3.05, 3.63) is 29.8 Å². The zero-order chi connectivity index (χ0) is 20.3. The molecule has 2 N–H and O–H groups in total. The lowest BCUT2D eigenvalue weighted by Crippen LogP contribution is -2.50. The van der Waals surface area contributed by atoms with E-state index in [0.717, 1.165) is 29.1 Å². The van der Waals surface area contributed by atoms with Crippen LogP contribution in [0.1, 0.15) is 58.1 Å². The Morgan fingerprint density at radius 2 is 2.07 bits per heavy atom. The summed E-state index contributed by atoms with van der Waals surface area (Å²) in [7, 11) is 0. The minimum absolute atomic E-state index is 0.266. The normalized spacial score (nSPS) is 25.5. The lowest BCUT2D eigenvalue weighted by molar-refractivity contribution is -0.136. The van der Waals surface area contributed by atoms with E-state index in [1.165, 1.54) is 0 Å². The third-order valence-electron chi connectivity index (χ3n) is 5.72. The van der Waals surface area contributed by atoms with Crippen LogP contribution < -0.4 is 15.4 Å². The van der Waals surface area contributed by atoms with Gasteiger partial charge in [-0.05, 0) is 63.1 Å². The second kappa shape index (κ2) is 8.20. The number of carbonyl (C=O) groups is 3. The molecule has 1 heterocycles. The molecule has 1 aliphatic heterocycles. The van der Waals surface area contributed by atoms with E-state index in [4.69, 9.17) is 4.74 Å². The number of carbonyl (C=O) groups excluding carboxylic acids is 3. The summed E-state index contributed by atoms with van der Waals surface area (Å²) in [5, 5.41) is 5.71. The molecule has 1 saturated carbocycles. The summed E-state index contributed by atoms with van der Waals surface area (Å²) in [5.41, 5.74) is 0.0793. The molecule has 0 radical (unpaired) electrons. The molecule has 1 aliphatic carbocycles. The molecule has 0 bridgehead atoms. The molecule has 1 aromatic carbocycles. The number of nitrogens with one attached hydrogen (secondary N) is 2. The lowest BCUT2D eigenvalue weighted by atomic mass is 9.77. The lowest BCUT2D eigenvalue weighted by Gasteiger charge is -2.33. The van der Waals surface area contributed by atoms with Gasteiger partial charge in [0.25, 0.3) is 5.91 Å². The van der Waals surface area contributed by atoms with Crippen molar-refractivity contribution in [2.45, 2.75) is 58.0 Å². The zero-order valence-electron chi connectivity index (χ0n) is 16.8. The first kappa shape index (κ1) is 20.2. The van der Waals surface area contributed by atoms with Crippen molar-refractivity contribution in [3.8, 4) is 5.75 Å². The average Bonchev–Trinajstić information content (AvgIpc) is 2.89. The van der Waals surface area contributed by atoms with Gasteiger partial charge in [-0.25, -0.2) is 4.79 Å². The van der Waals surface area contributed by atoms with Crippen molar-refractivity contribution >= 4 is 17.8 Å². The van der Waals surface area contributed by atoms with Gasteiger partial charge in [0.15, 0.2) is 0 Å². The first-order chi connectivity index (χ1) is 13.3. The summed E-state index contributed by atoms with van der Waals surface area (Å²) in [6.45, 7) is 6.23. The second-order valence-electron chi connectivity index (χ2n) is 7.88. The topological polar surface area (TPSA) is 87.7 Å². The van der Waals surface area contributed by atoms with Gasteiger partial charge in [-0.1, -0.05) is 19.1 Å². The van der Waals surface area contributed by atoms with Gasteiger partial charge in [0.2, 0.25) is 5.91 Å². The van der Waals surface area contributed by atoms with E-state index in [0.29, 0.717) is 25.4 Å². The van der Waals surface area contributed by atoms with Crippen LogP contribution in [0, 0.1) is 5.92 Å². The van der Waals surface area contributed by atoms with Crippen LogP contribution in [0.15, 0.2) is 24.3 Å². The van der Waals surface area contributed by atoms with Gasteiger partial charge < -0.3 is 15.4 Å². The largest absolute Gasteiger partial charge is 0.494 e. The summed E-state index contributed by atoms with van der Waals surface area (Å²) in [6.07, 6.45) is 3.08. The molecule has 2 aliphatic rings. The van der Waals surface area contributed by atoms with Crippen molar-refractivity contribution in [1.82, 2.24) is 15.5 Å². The molecule has 1 unspecified atom stereocenters. The fourth-order valence-electron chi connectivity index (χ4n) is 3.97. The van der Waals surface area contributed by atoms with Crippen molar-refractivity contribution in [2.24, 2.45) is 5.92 Å². The van der Waals surface area contributed by atoms with Gasteiger partial charge in [-0.3, -0.25) is 14.5 Å². The van der Waals surface area contributed by atoms with Crippen LogP contribution in [-0.4, -0.2) is 41.4 Å². The average molecular weight is 387 g/mol. The molecule has 1 atom stereocenters. The Balaban J connectivity index is 1.61. The van der Waals surface area contributed by atoms with Crippen LogP contribution in [0.25, 0.3) is 0 Å². The monoisotopic (exact) mass is 387 g/mol. The van der Waals surface area contributed by atoms with E-state index in [1.54, 1.807) is 0 Å². The van der Waals surface area contributed by atoms with E-state index in [1.807, 2.05) is 38.1 Å². The number of ether oxygens (including phenoxy) is 1.